The Balaban J connectivity index is 1.62. The standard InChI is InChI=1S/C18H22N2/c1-2-6-15(7-3-1)10-13-20-18-11-12-19-14-16-8-4-5-9-17(16)18/h1-9,18-20H,10-14H2. The van der Waals surface area contributed by atoms with Crippen molar-refractivity contribution in [2.75, 3.05) is 13.1 Å². The van der Waals surface area contributed by atoms with Crippen LogP contribution in [-0.4, -0.2) is 13.1 Å². The molecule has 0 radical (unpaired) electrons. The lowest BCUT2D eigenvalue weighted by molar-refractivity contribution is 0.499. The average Bonchev–Trinajstić information content (AvgIpc) is 2.71. The highest BCUT2D eigenvalue weighted by Crippen LogP contribution is 2.23. The van der Waals surface area contributed by atoms with Crippen LogP contribution in [0.5, 0.6) is 0 Å². The Hall–Kier alpha value is -1.64. The van der Waals surface area contributed by atoms with Crippen molar-refractivity contribution in [3.63, 3.8) is 0 Å². The van der Waals surface area contributed by atoms with Crippen LogP contribution < -0.4 is 10.6 Å². The number of hydrogen-bond donors (Lipinski definition) is 2. The normalized spacial score (nSPS) is 18.3. The predicted molar refractivity (Wildman–Crippen MR) is 83.7 cm³/mol. The smallest absolute Gasteiger partial charge is 0.0335 e. The van der Waals surface area contributed by atoms with Gasteiger partial charge in [0.05, 0.1) is 0 Å². The quantitative estimate of drug-likeness (QED) is 0.889. The van der Waals surface area contributed by atoms with Crippen LogP contribution in [0.2, 0.25) is 0 Å². The van der Waals surface area contributed by atoms with Crippen LogP contribution in [0.1, 0.15) is 29.2 Å². The summed E-state index contributed by atoms with van der Waals surface area (Å²) in [4.78, 5) is 0. The molecule has 3 rings (SSSR count). The van der Waals surface area contributed by atoms with Gasteiger partial charge in [-0.05, 0) is 42.6 Å². The van der Waals surface area contributed by atoms with Gasteiger partial charge in [-0.3, -0.25) is 0 Å². The van der Waals surface area contributed by atoms with Crippen molar-refractivity contribution >= 4 is 0 Å². The van der Waals surface area contributed by atoms with E-state index in [2.05, 4.69) is 65.2 Å². The zero-order valence-corrected chi connectivity index (χ0v) is 11.8. The van der Waals surface area contributed by atoms with E-state index in [1.165, 1.54) is 16.7 Å². The molecule has 0 saturated heterocycles. The Morgan fingerprint density at radius 1 is 1.00 bits per heavy atom. The number of hydrogen-bond acceptors (Lipinski definition) is 2. The SMILES string of the molecule is c1ccc(CCNC2CCNCc3ccccc32)cc1. The van der Waals surface area contributed by atoms with E-state index in [0.29, 0.717) is 6.04 Å². The number of benzene rings is 2. The summed E-state index contributed by atoms with van der Waals surface area (Å²) in [5.41, 5.74) is 4.30. The highest BCUT2D eigenvalue weighted by Gasteiger charge is 2.16. The largest absolute Gasteiger partial charge is 0.313 e. The van der Waals surface area contributed by atoms with E-state index in [9.17, 15) is 0 Å². The summed E-state index contributed by atoms with van der Waals surface area (Å²) in [7, 11) is 0. The minimum absolute atomic E-state index is 0.477. The van der Waals surface area contributed by atoms with E-state index in [1.54, 1.807) is 0 Å². The molecule has 0 spiro atoms. The van der Waals surface area contributed by atoms with Crippen molar-refractivity contribution in [1.29, 1.82) is 0 Å². The second-order valence-corrected chi connectivity index (χ2v) is 5.41. The first-order chi connectivity index (χ1) is 9.93. The highest BCUT2D eigenvalue weighted by atomic mass is 14.9. The molecule has 0 saturated carbocycles. The fourth-order valence-corrected chi connectivity index (χ4v) is 2.91. The molecular weight excluding hydrogens is 244 g/mol. The van der Waals surface area contributed by atoms with Crippen LogP contribution in [0.15, 0.2) is 54.6 Å². The van der Waals surface area contributed by atoms with Crippen molar-refractivity contribution < 1.29 is 0 Å². The molecule has 2 aromatic rings. The molecule has 0 aromatic heterocycles. The maximum Gasteiger partial charge on any atom is 0.0335 e. The number of fused-ring (bicyclic) bond motifs is 1. The topological polar surface area (TPSA) is 24.1 Å². The van der Waals surface area contributed by atoms with Gasteiger partial charge in [-0.1, -0.05) is 54.6 Å². The molecule has 20 heavy (non-hydrogen) atoms. The van der Waals surface area contributed by atoms with E-state index >= 15 is 0 Å². The second kappa shape index (κ2) is 6.69. The molecule has 0 amide bonds. The third kappa shape index (κ3) is 3.27. The van der Waals surface area contributed by atoms with Gasteiger partial charge in [0.2, 0.25) is 0 Å². The van der Waals surface area contributed by atoms with Crippen LogP contribution in [0.25, 0.3) is 0 Å². The maximum absolute atomic E-state index is 3.73. The van der Waals surface area contributed by atoms with Gasteiger partial charge in [0, 0.05) is 12.6 Å². The first-order valence-corrected chi connectivity index (χ1v) is 7.49. The van der Waals surface area contributed by atoms with E-state index in [-0.39, 0.29) is 0 Å². The molecule has 0 fully saturated rings. The predicted octanol–water partition coefficient (Wildman–Crippen LogP) is 3.05. The van der Waals surface area contributed by atoms with E-state index in [4.69, 9.17) is 0 Å². The molecule has 2 N–H and O–H groups in total. The first-order valence-electron chi connectivity index (χ1n) is 7.49. The van der Waals surface area contributed by atoms with E-state index < -0.39 is 0 Å². The molecule has 2 nitrogen and oxygen atoms in total. The average molecular weight is 266 g/mol. The van der Waals surface area contributed by atoms with Crippen molar-refractivity contribution in [1.82, 2.24) is 10.6 Å². The highest BCUT2D eigenvalue weighted by molar-refractivity contribution is 5.31. The third-order valence-corrected chi connectivity index (χ3v) is 4.00. The zero-order valence-electron chi connectivity index (χ0n) is 11.8. The van der Waals surface area contributed by atoms with Gasteiger partial charge in [0.1, 0.15) is 0 Å². The number of rotatable bonds is 4. The summed E-state index contributed by atoms with van der Waals surface area (Å²) in [6.45, 7) is 3.10. The number of nitrogens with one attached hydrogen (secondary N) is 2. The molecule has 0 bridgehead atoms. The Bertz CT molecular complexity index is 536. The van der Waals surface area contributed by atoms with Gasteiger partial charge >= 0.3 is 0 Å². The fraction of sp³-hybridized carbons (Fsp3) is 0.333. The lowest BCUT2D eigenvalue weighted by atomic mass is 9.99. The molecule has 2 aromatic carbocycles. The second-order valence-electron chi connectivity index (χ2n) is 5.41. The summed E-state index contributed by atoms with van der Waals surface area (Å²) in [5.74, 6) is 0. The Morgan fingerprint density at radius 3 is 2.70 bits per heavy atom. The molecule has 1 aliphatic rings. The minimum atomic E-state index is 0.477. The van der Waals surface area contributed by atoms with Crippen molar-refractivity contribution in [3.8, 4) is 0 Å². The van der Waals surface area contributed by atoms with Gasteiger partial charge < -0.3 is 10.6 Å². The van der Waals surface area contributed by atoms with Gasteiger partial charge in [0.15, 0.2) is 0 Å². The fourth-order valence-electron chi connectivity index (χ4n) is 2.91. The summed E-state index contributed by atoms with van der Waals surface area (Å²) >= 11 is 0. The van der Waals surface area contributed by atoms with E-state index in [1.807, 2.05) is 0 Å². The van der Waals surface area contributed by atoms with Gasteiger partial charge in [0.25, 0.3) is 0 Å². The molecular formula is C18H22N2. The summed E-state index contributed by atoms with van der Waals surface area (Å²) in [6, 6.07) is 20.0. The van der Waals surface area contributed by atoms with E-state index in [0.717, 1.165) is 32.5 Å². The van der Waals surface area contributed by atoms with Crippen LogP contribution in [-0.2, 0) is 13.0 Å². The minimum Gasteiger partial charge on any atom is -0.313 e. The van der Waals surface area contributed by atoms with Crippen LogP contribution in [0.3, 0.4) is 0 Å². The monoisotopic (exact) mass is 266 g/mol. The van der Waals surface area contributed by atoms with Crippen LogP contribution >= 0.6 is 0 Å². The molecule has 1 unspecified atom stereocenters. The summed E-state index contributed by atoms with van der Waals surface area (Å²) in [5, 5.41) is 7.23. The molecule has 1 atom stereocenters. The summed E-state index contributed by atoms with van der Waals surface area (Å²) < 4.78 is 0. The molecule has 1 aliphatic heterocycles. The van der Waals surface area contributed by atoms with Gasteiger partial charge in [-0.15, -0.1) is 0 Å². The Labute approximate surface area is 121 Å². The van der Waals surface area contributed by atoms with Crippen LogP contribution in [0, 0.1) is 0 Å². The third-order valence-electron chi connectivity index (χ3n) is 4.00. The zero-order chi connectivity index (χ0) is 13.6. The van der Waals surface area contributed by atoms with Crippen molar-refractivity contribution in [2.45, 2.75) is 25.4 Å². The van der Waals surface area contributed by atoms with Gasteiger partial charge in [-0.25, -0.2) is 0 Å². The maximum atomic E-state index is 3.73. The molecule has 104 valence electrons. The Morgan fingerprint density at radius 2 is 1.80 bits per heavy atom. The molecule has 0 aliphatic carbocycles. The van der Waals surface area contributed by atoms with Crippen molar-refractivity contribution in [3.05, 3.63) is 71.3 Å². The summed E-state index contributed by atoms with van der Waals surface area (Å²) in [6.07, 6.45) is 2.25. The lowest BCUT2D eigenvalue weighted by Gasteiger charge is -2.19. The lowest BCUT2D eigenvalue weighted by Crippen LogP contribution is -2.25. The van der Waals surface area contributed by atoms with Crippen molar-refractivity contribution in [2.24, 2.45) is 0 Å². The molecule has 1 heterocycles. The Kier molecular flexibility index (Phi) is 4.46. The molecule has 2 heteroatoms. The van der Waals surface area contributed by atoms with Crippen LogP contribution in [0.4, 0.5) is 0 Å². The first kappa shape index (κ1) is 13.3. The van der Waals surface area contributed by atoms with Gasteiger partial charge in [-0.2, -0.15) is 0 Å².